The van der Waals surface area contributed by atoms with E-state index in [1.165, 1.54) is 6.92 Å². The lowest BCUT2D eigenvalue weighted by Gasteiger charge is -2.19. The van der Waals surface area contributed by atoms with Crippen molar-refractivity contribution < 1.29 is 24.9 Å². The minimum absolute atomic E-state index is 0.133. The number of Topliss-reactive ketones (excluding diaryl/α,β-unsaturated/α-hetero) is 1. The van der Waals surface area contributed by atoms with E-state index >= 15 is 0 Å². The summed E-state index contributed by atoms with van der Waals surface area (Å²) in [6, 6.07) is 11.8. The number of aliphatic hydroxyl groups excluding tert-OH is 2. The Morgan fingerprint density at radius 3 is 2.31 bits per heavy atom. The van der Waals surface area contributed by atoms with Gasteiger partial charge in [0.25, 0.3) is 5.91 Å². The lowest BCUT2D eigenvalue weighted by Crippen LogP contribution is -2.48. The molecule has 0 radical (unpaired) electrons. The molecule has 0 spiro atoms. The van der Waals surface area contributed by atoms with Gasteiger partial charge in [-0.25, -0.2) is 0 Å². The second kappa shape index (κ2) is 8.81. The predicted molar refractivity (Wildman–Crippen MR) is 95.6 cm³/mol. The van der Waals surface area contributed by atoms with Gasteiger partial charge in [0, 0.05) is 16.7 Å². The zero-order valence-electron chi connectivity index (χ0n) is 14.1. The van der Waals surface area contributed by atoms with Crippen LogP contribution >= 0.6 is 0 Å². The molecule has 0 saturated heterocycles. The van der Waals surface area contributed by atoms with Crippen LogP contribution in [0.1, 0.15) is 28.4 Å². The fourth-order valence-corrected chi connectivity index (χ4v) is 2.23. The average molecular weight is 353 g/mol. The summed E-state index contributed by atoms with van der Waals surface area (Å²) >= 11 is 0. The van der Waals surface area contributed by atoms with Crippen molar-refractivity contribution in [1.82, 2.24) is 5.32 Å². The van der Waals surface area contributed by atoms with Gasteiger partial charge in [0.2, 0.25) is 0 Å². The molecule has 0 bridgehead atoms. The molecule has 0 aromatic heterocycles. The second-order valence-electron chi connectivity index (χ2n) is 5.69. The topological polar surface area (TPSA) is 107 Å². The van der Waals surface area contributed by atoms with E-state index < -0.39 is 30.4 Å². The third-order valence-electron chi connectivity index (χ3n) is 3.62. The Kier molecular flexibility index (Phi) is 6.50. The van der Waals surface area contributed by atoms with Crippen molar-refractivity contribution in [1.29, 1.82) is 0 Å². The number of benzene rings is 2. The lowest BCUT2D eigenvalue weighted by molar-refractivity contribution is -0.125. The smallest absolute Gasteiger partial charge is 0.251 e. The molecular formula is C20H19NO5. The van der Waals surface area contributed by atoms with E-state index in [0.717, 1.165) is 0 Å². The van der Waals surface area contributed by atoms with Crippen LogP contribution in [0.25, 0.3) is 0 Å². The number of hydrogen-bond acceptors (Lipinski definition) is 5. The van der Waals surface area contributed by atoms with Crippen molar-refractivity contribution in [3.8, 4) is 17.6 Å². The van der Waals surface area contributed by atoms with Crippen molar-refractivity contribution in [2.75, 3.05) is 6.61 Å². The number of aromatic hydroxyl groups is 1. The van der Waals surface area contributed by atoms with Gasteiger partial charge >= 0.3 is 0 Å². The summed E-state index contributed by atoms with van der Waals surface area (Å²) in [5.74, 6) is 4.76. The van der Waals surface area contributed by atoms with Crippen LogP contribution in [-0.2, 0) is 4.79 Å². The molecule has 0 aliphatic carbocycles. The number of phenolic OH excluding ortho intramolecular Hbond substituents is 1. The first-order chi connectivity index (χ1) is 12.4. The SMILES string of the molecule is C[C@@H](O)[C@H](NC(=O)c1ccc(C#Cc2cccc(O)c2)cc1)C(=O)CO. The summed E-state index contributed by atoms with van der Waals surface area (Å²) < 4.78 is 0. The maximum Gasteiger partial charge on any atom is 0.251 e. The Morgan fingerprint density at radius 1 is 1.08 bits per heavy atom. The van der Waals surface area contributed by atoms with Crippen LogP contribution in [0.5, 0.6) is 5.75 Å². The molecule has 134 valence electrons. The van der Waals surface area contributed by atoms with Gasteiger partial charge in [0.1, 0.15) is 18.4 Å². The van der Waals surface area contributed by atoms with E-state index in [0.29, 0.717) is 16.7 Å². The molecule has 0 fully saturated rings. The van der Waals surface area contributed by atoms with Crippen molar-refractivity contribution in [3.63, 3.8) is 0 Å². The number of hydrogen-bond donors (Lipinski definition) is 4. The van der Waals surface area contributed by atoms with E-state index in [9.17, 15) is 19.8 Å². The van der Waals surface area contributed by atoms with E-state index in [1.54, 1.807) is 48.5 Å². The average Bonchev–Trinajstić information content (AvgIpc) is 2.64. The summed E-state index contributed by atoms with van der Waals surface area (Å²) in [6.45, 7) is 0.595. The molecule has 0 unspecified atom stereocenters. The molecule has 2 atom stereocenters. The van der Waals surface area contributed by atoms with Crippen molar-refractivity contribution in [2.24, 2.45) is 0 Å². The zero-order chi connectivity index (χ0) is 19.1. The summed E-state index contributed by atoms with van der Waals surface area (Å²) in [7, 11) is 0. The van der Waals surface area contributed by atoms with Gasteiger partial charge in [-0.3, -0.25) is 9.59 Å². The summed E-state index contributed by atoms with van der Waals surface area (Å²) in [5.41, 5.74) is 1.63. The molecule has 0 aliphatic rings. The molecule has 26 heavy (non-hydrogen) atoms. The van der Waals surface area contributed by atoms with Gasteiger partial charge in [-0.1, -0.05) is 17.9 Å². The lowest BCUT2D eigenvalue weighted by atomic mass is 10.1. The van der Waals surface area contributed by atoms with Crippen LogP contribution in [0.4, 0.5) is 0 Å². The maximum absolute atomic E-state index is 12.2. The van der Waals surface area contributed by atoms with Gasteiger partial charge < -0.3 is 20.6 Å². The highest BCUT2D eigenvalue weighted by Gasteiger charge is 2.25. The molecular weight excluding hydrogens is 334 g/mol. The number of aliphatic hydroxyl groups is 2. The molecule has 6 heteroatoms. The van der Waals surface area contributed by atoms with E-state index in [-0.39, 0.29) is 5.75 Å². The molecule has 2 aromatic carbocycles. The highest BCUT2D eigenvalue weighted by atomic mass is 16.3. The summed E-state index contributed by atoms with van der Waals surface area (Å²) in [5, 5.41) is 30.3. The minimum Gasteiger partial charge on any atom is -0.508 e. The molecule has 6 nitrogen and oxygen atoms in total. The molecule has 0 aliphatic heterocycles. The first-order valence-corrected chi connectivity index (χ1v) is 7.94. The number of carbonyl (C=O) groups excluding carboxylic acids is 2. The number of phenols is 1. The fraction of sp³-hybridized carbons (Fsp3) is 0.200. The highest BCUT2D eigenvalue weighted by Crippen LogP contribution is 2.10. The quantitative estimate of drug-likeness (QED) is 0.596. The molecule has 2 aromatic rings. The second-order valence-corrected chi connectivity index (χ2v) is 5.69. The zero-order valence-corrected chi connectivity index (χ0v) is 14.1. The Bertz CT molecular complexity index is 846. The van der Waals surface area contributed by atoms with Crippen molar-refractivity contribution in [2.45, 2.75) is 19.1 Å². The fourth-order valence-electron chi connectivity index (χ4n) is 2.23. The van der Waals surface area contributed by atoms with Crippen LogP contribution in [0.3, 0.4) is 0 Å². The van der Waals surface area contributed by atoms with Crippen LogP contribution in [0.15, 0.2) is 48.5 Å². The predicted octanol–water partition coefficient (Wildman–Crippen LogP) is 0.833. The van der Waals surface area contributed by atoms with Crippen LogP contribution in [-0.4, -0.2) is 45.8 Å². The summed E-state index contributed by atoms with van der Waals surface area (Å²) in [6.07, 6.45) is -1.12. The monoisotopic (exact) mass is 353 g/mol. The third-order valence-corrected chi connectivity index (χ3v) is 3.62. The first-order valence-electron chi connectivity index (χ1n) is 7.94. The molecule has 4 N–H and O–H groups in total. The molecule has 0 heterocycles. The van der Waals surface area contributed by atoms with Crippen molar-refractivity contribution in [3.05, 3.63) is 65.2 Å². The normalized spacial score (nSPS) is 12.4. The van der Waals surface area contributed by atoms with Crippen LogP contribution < -0.4 is 5.32 Å². The van der Waals surface area contributed by atoms with E-state index in [2.05, 4.69) is 17.2 Å². The number of amides is 1. The van der Waals surface area contributed by atoms with Crippen molar-refractivity contribution >= 4 is 11.7 Å². The first kappa shape index (κ1) is 19.2. The number of nitrogens with one attached hydrogen (secondary N) is 1. The standard InChI is InChI=1S/C20H19NO5/c1-13(23)19(18(25)12-22)21-20(26)16-9-7-14(8-10-16)5-6-15-3-2-4-17(24)11-15/h2-4,7-11,13,19,22-24H,12H2,1H3,(H,21,26)/t13-,19+/m1/s1. The summed E-state index contributed by atoms with van der Waals surface area (Å²) in [4.78, 5) is 23.7. The third kappa shape index (κ3) is 5.18. The van der Waals surface area contributed by atoms with E-state index in [4.69, 9.17) is 5.11 Å². The maximum atomic E-state index is 12.2. The Labute approximate surface area is 151 Å². The Morgan fingerprint density at radius 2 is 1.73 bits per heavy atom. The Balaban J connectivity index is 2.09. The molecule has 0 saturated carbocycles. The van der Waals surface area contributed by atoms with Gasteiger partial charge in [-0.15, -0.1) is 0 Å². The highest BCUT2D eigenvalue weighted by molar-refractivity contribution is 5.98. The Hall–Kier alpha value is -3.14. The largest absolute Gasteiger partial charge is 0.508 e. The van der Waals surface area contributed by atoms with Gasteiger partial charge in [0.05, 0.1) is 6.10 Å². The minimum atomic E-state index is -1.17. The van der Waals surface area contributed by atoms with Gasteiger partial charge in [0.15, 0.2) is 5.78 Å². The van der Waals surface area contributed by atoms with Gasteiger partial charge in [-0.2, -0.15) is 0 Å². The number of carbonyl (C=O) groups is 2. The van der Waals surface area contributed by atoms with Crippen LogP contribution in [0.2, 0.25) is 0 Å². The van der Waals surface area contributed by atoms with Crippen LogP contribution in [0, 0.1) is 11.8 Å². The molecule has 1 amide bonds. The van der Waals surface area contributed by atoms with Gasteiger partial charge in [-0.05, 0) is 49.4 Å². The van der Waals surface area contributed by atoms with E-state index in [1.807, 2.05) is 0 Å². The number of rotatable bonds is 5. The number of ketones is 1. The molecule has 2 rings (SSSR count).